The van der Waals surface area contributed by atoms with Gasteiger partial charge in [-0.2, -0.15) is 0 Å². The maximum absolute atomic E-state index is 13.4. The summed E-state index contributed by atoms with van der Waals surface area (Å²) >= 11 is 3.11. The van der Waals surface area contributed by atoms with Gasteiger partial charge in [0.05, 0.1) is 11.5 Å². The zero-order valence-electron chi connectivity index (χ0n) is 10.4. The Hall–Kier alpha value is -1.15. The highest BCUT2D eigenvalue weighted by Gasteiger charge is 2.28. The minimum absolute atomic E-state index is 0.0256. The van der Waals surface area contributed by atoms with E-state index in [1.807, 2.05) is 0 Å². The molecule has 1 aromatic carbocycles. The van der Waals surface area contributed by atoms with E-state index < -0.39 is 21.6 Å². The lowest BCUT2D eigenvalue weighted by Crippen LogP contribution is -2.38. The van der Waals surface area contributed by atoms with E-state index in [9.17, 15) is 17.6 Å². The Bertz CT molecular complexity index is 620. The minimum atomic E-state index is -3.04. The average Bonchev–Trinajstić information content (AvgIpc) is 2.67. The van der Waals surface area contributed by atoms with Crippen LogP contribution in [0, 0.1) is 5.82 Å². The molecule has 1 amide bonds. The molecule has 0 unspecified atom stereocenters. The Morgan fingerprint density at radius 2 is 2.25 bits per heavy atom. The number of carbonyl (C=O) groups is 1. The van der Waals surface area contributed by atoms with Crippen molar-refractivity contribution in [2.45, 2.75) is 12.5 Å². The summed E-state index contributed by atoms with van der Waals surface area (Å²) in [5.41, 5.74) is 0. The summed E-state index contributed by atoms with van der Waals surface area (Å²) in [6.45, 7) is -0.352. The van der Waals surface area contributed by atoms with E-state index in [4.69, 9.17) is 4.74 Å². The summed E-state index contributed by atoms with van der Waals surface area (Å²) < 4.78 is 41.6. The maximum Gasteiger partial charge on any atom is 0.258 e. The Balaban J connectivity index is 1.84. The molecule has 1 N–H and O–H groups in total. The van der Waals surface area contributed by atoms with Gasteiger partial charge in [0.2, 0.25) is 0 Å². The maximum atomic E-state index is 13.4. The predicted octanol–water partition coefficient (Wildman–Crippen LogP) is 1.27. The van der Waals surface area contributed by atoms with E-state index in [0.29, 0.717) is 10.9 Å². The van der Waals surface area contributed by atoms with Crippen LogP contribution in [-0.2, 0) is 14.6 Å². The summed E-state index contributed by atoms with van der Waals surface area (Å²) in [5, 5.41) is 2.56. The van der Waals surface area contributed by atoms with Gasteiger partial charge in [-0.1, -0.05) is 15.9 Å². The van der Waals surface area contributed by atoms with Gasteiger partial charge in [-0.3, -0.25) is 4.79 Å². The van der Waals surface area contributed by atoms with Crippen molar-refractivity contribution >= 4 is 31.7 Å². The van der Waals surface area contributed by atoms with Gasteiger partial charge in [-0.15, -0.1) is 0 Å². The summed E-state index contributed by atoms with van der Waals surface area (Å²) in [7, 11) is -3.04. The number of hydrogen-bond donors (Lipinski definition) is 1. The lowest BCUT2D eigenvalue weighted by molar-refractivity contribution is -0.123. The number of nitrogens with one attached hydrogen (secondary N) is 1. The molecule has 5 nitrogen and oxygen atoms in total. The molecule has 1 atom stereocenters. The molecule has 1 heterocycles. The van der Waals surface area contributed by atoms with Crippen LogP contribution < -0.4 is 10.1 Å². The van der Waals surface area contributed by atoms with Crippen LogP contribution >= 0.6 is 15.9 Å². The van der Waals surface area contributed by atoms with Crippen LogP contribution in [-0.4, -0.2) is 38.5 Å². The highest BCUT2D eigenvalue weighted by molar-refractivity contribution is 9.10. The van der Waals surface area contributed by atoms with Crippen molar-refractivity contribution in [3.05, 3.63) is 28.5 Å². The van der Waals surface area contributed by atoms with Gasteiger partial charge in [0.1, 0.15) is 0 Å². The molecule has 0 aliphatic carbocycles. The fourth-order valence-electron chi connectivity index (χ4n) is 1.91. The Kier molecular flexibility index (Phi) is 4.64. The number of halogens is 2. The lowest BCUT2D eigenvalue weighted by Gasteiger charge is -2.12. The quantitative estimate of drug-likeness (QED) is 0.871. The lowest BCUT2D eigenvalue weighted by atomic mass is 10.2. The molecule has 2 rings (SSSR count). The van der Waals surface area contributed by atoms with Gasteiger partial charge >= 0.3 is 0 Å². The number of carbonyl (C=O) groups excluding carboxylic acids is 1. The smallest absolute Gasteiger partial charge is 0.258 e. The van der Waals surface area contributed by atoms with E-state index in [1.54, 1.807) is 6.07 Å². The second kappa shape index (κ2) is 6.09. The van der Waals surface area contributed by atoms with Crippen molar-refractivity contribution in [1.29, 1.82) is 0 Å². The number of hydrogen-bond acceptors (Lipinski definition) is 4. The molecule has 1 fully saturated rings. The first-order chi connectivity index (χ1) is 9.35. The predicted molar refractivity (Wildman–Crippen MR) is 74.8 cm³/mol. The topological polar surface area (TPSA) is 72.5 Å². The third kappa shape index (κ3) is 4.17. The Morgan fingerprint density at radius 1 is 1.50 bits per heavy atom. The first-order valence-electron chi connectivity index (χ1n) is 5.93. The van der Waals surface area contributed by atoms with Gasteiger partial charge in [-0.25, -0.2) is 12.8 Å². The molecule has 1 aliphatic rings. The molecular weight excluding hydrogens is 353 g/mol. The number of benzene rings is 1. The van der Waals surface area contributed by atoms with Gasteiger partial charge in [0.25, 0.3) is 5.91 Å². The summed E-state index contributed by atoms with van der Waals surface area (Å²) in [6, 6.07) is 3.86. The van der Waals surface area contributed by atoms with Crippen molar-refractivity contribution in [3.8, 4) is 5.75 Å². The SMILES string of the molecule is O=C(COc1ccc(Br)cc1F)N[C@H]1CCS(=O)(=O)C1. The minimum Gasteiger partial charge on any atom is -0.481 e. The van der Waals surface area contributed by atoms with Crippen LogP contribution in [0.25, 0.3) is 0 Å². The zero-order chi connectivity index (χ0) is 14.8. The van der Waals surface area contributed by atoms with E-state index in [0.717, 1.165) is 0 Å². The molecule has 8 heteroatoms. The number of ether oxygens (including phenoxy) is 1. The number of amides is 1. The molecule has 20 heavy (non-hydrogen) atoms. The van der Waals surface area contributed by atoms with Gasteiger partial charge in [0, 0.05) is 10.5 Å². The monoisotopic (exact) mass is 365 g/mol. The van der Waals surface area contributed by atoms with Crippen LogP contribution in [0.2, 0.25) is 0 Å². The van der Waals surface area contributed by atoms with Crippen LogP contribution in [0.4, 0.5) is 4.39 Å². The van der Waals surface area contributed by atoms with Crippen molar-refractivity contribution < 1.29 is 22.3 Å². The van der Waals surface area contributed by atoms with Crippen molar-refractivity contribution in [3.63, 3.8) is 0 Å². The van der Waals surface area contributed by atoms with E-state index in [1.165, 1.54) is 12.1 Å². The highest BCUT2D eigenvalue weighted by atomic mass is 79.9. The fourth-order valence-corrected chi connectivity index (χ4v) is 3.92. The van der Waals surface area contributed by atoms with Gasteiger partial charge in [0.15, 0.2) is 28.0 Å². The first kappa shape index (κ1) is 15.2. The summed E-state index contributed by atoms with van der Waals surface area (Å²) in [4.78, 5) is 11.6. The van der Waals surface area contributed by atoms with E-state index >= 15 is 0 Å². The van der Waals surface area contributed by atoms with E-state index in [2.05, 4.69) is 21.2 Å². The molecule has 110 valence electrons. The Labute approximate surface area is 124 Å². The molecule has 0 spiro atoms. The third-order valence-electron chi connectivity index (χ3n) is 2.85. The fraction of sp³-hybridized carbons (Fsp3) is 0.417. The van der Waals surface area contributed by atoms with Crippen LogP contribution in [0.15, 0.2) is 22.7 Å². The standard InChI is InChI=1S/C12H13BrFNO4S/c13-8-1-2-11(10(14)5-8)19-6-12(16)15-9-3-4-20(17,18)7-9/h1-2,5,9H,3-4,6-7H2,(H,15,16)/t9-/m0/s1. The van der Waals surface area contributed by atoms with Crippen molar-refractivity contribution in [1.82, 2.24) is 5.32 Å². The molecule has 0 bridgehead atoms. The Morgan fingerprint density at radius 3 is 2.85 bits per heavy atom. The first-order valence-corrected chi connectivity index (χ1v) is 8.55. The largest absolute Gasteiger partial charge is 0.481 e. The van der Waals surface area contributed by atoms with Crippen molar-refractivity contribution in [2.75, 3.05) is 18.1 Å². The van der Waals surface area contributed by atoms with Gasteiger partial charge in [-0.05, 0) is 24.6 Å². The second-order valence-electron chi connectivity index (χ2n) is 4.53. The van der Waals surface area contributed by atoms with Crippen LogP contribution in [0.1, 0.15) is 6.42 Å². The van der Waals surface area contributed by atoms with Crippen LogP contribution in [0.3, 0.4) is 0 Å². The normalized spacial score (nSPS) is 20.6. The summed E-state index contributed by atoms with van der Waals surface area (Å²) in [5.74, 6) is -1.03. The highest BCUT2D eigenvalue weighted by Crippen LogP contribution is 2.21. The van der Waals surface area contributed by atoms with E-state index in [-0.39, 0.29) is 29.9 Å². The summed E-state index contributed by atoms with van der Waals surface area (Å²) in [6.07, 6.45) is 0.403. The van der Waals surface area contributed by atoms with Crippen molar-refractivity contribution in [2.24, 2.45) is 0 Å². The number of rotatable bonds is 4. The zero-order valence-corrected chi connectivity index (χ0v) is 12.8. The molecule has 1 saturated heterocycles. The van der Waals surface area contributed by atoms with Gasteiger partial charge < -0.3 is 10.1 Å². The molecule has 0 aromatic heterocycles. The third-order valence-corrected chi connectivity index (χ3v) is 5.11. The molecule has 1 aromatic rings. The number of sulfone groups is 1. The molecular formula is C12H13BrFNO4S. The molecule has 0 radical (unpaired) electrons. The second-order valence-corrected chi connectivity index (χ2v) is 7.68. The van der Waals surface area contributed by atoms with Crippen LogP contribution in [0.5, 0.6) is 5.75 Å². The molecule has 0 saturated carbocycles. The average molecular weight is 366 g/mol. The molecule has 1 aliphatic heterocycles.